The third kappa shape index (κ3) is 2.47. The molecule has 0 bridgehead atoms. The molecule has 1 saturated carbocycles. The number of hydrogen-bond acceptors (Lipinski definition) is 1. The van der Waals surface area contributed by atoms with E-state index in [-0.39, 0.29) is 0 Å². The van der Waals surface area contributed by atoms with Crippen molar-refractivity contribution in [1.82, 2.24) is 5.32 Å². The van der Waals surface area contributed by atoms with Gasteiger partial charge in [-0.1, -0.05) is 31.2 Å². The van der Waals surface area contributed by atoms with Gasteiger partial charge in [0.05, 0.1) is 0 Å². The van der Waals surface area contributed by atoms with Crippen molar-refractivity contribution < 1.29 is 0 Å². The monoisotopic (exact) mass is 243 g/mol. The molecular weight excluding hydrogens is 218 g/mol. The summed E-state index contributed by atoms with van der Waals surface area (Å²) in [7, 11) is 0. The van der Waals surface area contributed by atoms with E-state index in [1.54, 1.807) is 11.1 Å². The van der Waals surface area contributed by atoms with Crippen LogP contribution >= 0.6 is 0 Å². The van der Waals surface area contributed by atoms with E-state index in [1.807, 2.05) is 0 Å². The van der Waals surface area contributed by atoms with Crippen LogP contribution in [-0.2, 0) is 6.42 Å². The number of nitrogens with one attached hydrogen (secondary N) is 1. The number of aryl methyl sites for hydroxylation is 1. The lowest BCUT2D eigenvalue weighted by atomic mass is 9.83. The molecule has 18 heavy (non-hydrogen) atoms. The van der Waals surface area contributed by atoms with Crippen LogP contribution in [0.5, 0.6) is 0 Å². The molecule has 1 fully saturated rings. The molecule has 1 N–H and O–H groups in total. The standard InChI is InChI=1S/C17H25N/c1-2-17(10-11-17)13-18-12-15-8-5-7-14-6-3-4-9-16(14)15/h3-4,6,9,15,18H,2,5,7-8,10-13H2,1H3. The Morgan fingerprint density at radius 2 is 2.11 bits per heavy atom. The van der Waals surface area contributed by atoms with E-state index in [0.717, 1.165) is 5.92 Å². The van der Waals surface area contributed by atoms with Gasteiger partial charge >= 0.3 is 0 Å². The minimum atomic E-state index is 0.675. The molecule has 1 nitrogen and oxygen atoms in total. The van der Waals surface area contributed by atoms with Crippen molar-refractivity contribution in [2.75, 3.05) is 13.1 Å². The molecule has 0 aromatic heterocycles. The van der Waals surface area contributed by atoms with E-state index in [1.165, 1.54) is 51.6 Å². The van der Waals surface area contributed by atoms with Crippen molar-refractivity contribution in [2.45, 2.75) is 51.4 Å². The van der Waals surface area contributed by atoms with Crippen LogP contribution in [0.1, 0.15) is 56.1 Å². The maximum atomic E-state index is 3.75. The second kappa shape index (κ2) is 5.05. The smallest absolute Gasteiger partial charge is 0.00204 e. The van der Waals surface area contributed by atoms with Crippen LogP contribution in [0.3, 0.4) is 0 Å². The minimum Gasteiger partial charge on any atom is -0.316 e. The van der Waals surface area contributed by atoms with E-state index >= 15 is 0 Å². The van der Waals surface area contributed by atoms with Gasteiger partial charge < -0.3 is 5.32 Å². The van der Waals surface area contributed by atoms with Gasteiger partial charge in [0.1, 0.15) is 0 Å². The van der Waals surface area contributed by atoms with E-state index in [4.69, 9.17) is 0 Å². The molecule has 1 aromatic rings. The summed E-state index contributed by atoms with van der Waals surface area (Å²) in [6.45, 7) is 4.76. The summed E-state index contributed by atoms with van der Waals surface area (Å²) in [5.74, 6) is 0.752. The van der Waals surface area contributed by atoms with Crippen LogP contribution in [0, 0.1) is 5.41 Å². The van der Waals surface area contributed by atoms with Gasteiger partial charge in [-0.25, -0.2) is 0 Å². The predicted molar refractivity (Wildman–Crippen MR) is 76.9 cm³/mol. The van der Waals surface area contributed by atoms with Crippen molar-refractivity contribution in [3.8, 4) is 0 Å². The fourth-order valence-corrected chi connectivity index (χ4v) is 3.41. The molecule has 3 rings (SSSR count). The Hall–Kier alpha value is -0.820. The molecule has 0 aliphatic heterocycles. The van der Waals surface area contributed by atoms with Gasteiger partial charge in [-0.3, -0.25) is 0 Å². The molecule has 0 radical (unpaired) electrons. The van der Waals surface area contributed by atoms with Crippen LogP contribution in [0.25, 0.3) is 0 Å². The van der Waals surface area contributed by atoms with Crippen molar-refractivity contribution in [3.63, 3.8) is 0 Å². The SMILES string of the molecule is CCC1(CNCC2CCCc3ccccc32)CC1. The molecule has 0 amide bonds. The Bertz CT molecular complexity index is 406. The predicted octanol–water partition coefficient (Wildman–Crippen LogP) is 3.89. The topological polar surface area (TPSA) is 12.0 Å². The third-order valence-electron chi connectivity index (χ3n) is 5.09. The van der Waals surface area contributed by atoms with E-state index < -0.39 is 0 Å². The summed E-state index contributed by atoms with van der Waals surface area (Å²) in [5.41, 5.74) is 3.87. The molecule has 0 spiro atoms. The molecule has 1 aromatic carbocycles. The highest BCUT2D eigenvalue weighted by molar-refractivity contribution is 5.32. The highest BCUT2D eigenvalue weighted by Crippen LogP contribution is 2.47. The second-order valence-corrected chi connectivity index (χ2v) is 6.27. The Kier molecular flexibility index (Phi) is 3.43. The maximum Gasteiger partial charge on any atom is 0.00204 e. The zero-order chi connectivity index (χ0) is 12.4. The molecule has 0 saturated heterocycles. The molecule has 98 valence electrons. The average Bonchev–Trinajstić information content (AvgIpc) is 3.20. The van der Waals surface area contributed by atoms with Gasteiger partial charge in [0.15, 0.2) is 0 Å². The Morgan fingerprint density at radius 1 is 1.28 bits per heavy atom. The highest BCUT2D eigenvalue weighted by atomic mass is 14.9. The Morgan fingerprint density at radius 3 is 2.89 bits per heavy atom. The largest absolute Gasteiger partial charge is 0.316 e. The van der Waals surface area contributed by atoms with Crippen LogP contribution < -0.4 is 5.32 Å². The van der Waals surface area contributed by atoms with Crippen molar-refractivity contribution in [1.29, 1.82) is 0 Å². The fraction of sp³-hybridized carbons (Fsp3) is 0.647. The van der Waals surface area contributed by atoms with Crippen LogP contribution in [0.2, 0.25) is 0 Å². The second-order valence-electron chi connectivity index (χ2n) is 6.27. The summed E-state index contributed by atoms with van der Waals surface area (Å²) in [6, 6.07) is 9.04. The first-order valence-electron chi connectivity index (χ1n) is 7.61. The number of rotatable bonds is 5. The quantitative estimate of drug-likeness (QED) is 0.827. The Labute approximate surface area is 111 Å². The molecule has 1 unspecified atom stereocenters. The molecular formula is C17H25N. The lowest BCUT2D eigenvalue weighted by Crippen LogP contribution is -2.29. The van der Waals surface area contributed by atoms with Crippen molar-refractivity contribution in [3.05, 3.63) is 35.4 Å². The van der Waals surface area contributed by atoms with Gasteiger partial charge in [-0.2, -0.15) is 0 Å². The van der Waals surface area contributed by atoms with Crippen LogP contribution in [-0.4, -0.2) is 13.1 Å². The minimum absolute atomic E-state index is 0.675. The van der Waals surface area contributed by atoms with Crippen molar-refractivity contribution in [2.24, 2.45) is 5.41 Å². The van der Waals surface area contributed by atoms with Gasteiger partial charge in [0.2, 0.25) is 0 Å². The normalized spacial score (nSPS) is 24.6. The van der Waals surface area contributed by atoms with Crippen LogP contribution in [0.4, 0.5) is 0 Å². The maximum absolute atomic E-state index is 3.75. The zero-order valence-corrected chi connectivity index (χ0v) is 11.5. The molecule has 0 heterocycles. The third-order valence-corrected chi connectivity index (χ3v) is 5.09. The lowest BCUT2D eigenvalue weighted by Gasteiger charge is -2.26. The lowest BCUT2D eigenvalue weighted by molar-refractivity contribution is 0.419. The first-order chi connectivity index (χ1) is 8.83. The Balaban J connectivity index is 1.57. The molecule has 1 heteroatoms. The molecule has 2 aliphatic carbocycles. The molecule has 1 atom stereocenters. The van der Waals surface area contributed by atoms with Gasteiger partial charge in [-0.15, -0.1) is 0 Å². The van der Waals surface area contributed by atoms with E-state index in [2.05, 4.69) is 36.5 Å². The van der Waals surface area contributed by atoms with E-state index in [0.29, 0.717) is 5.41 Å². The number of fused-ring (bicyclic) bond motifs is 1. The summed E-state index contributed by atoms with van der Waals surface area (Å²) < 4.78 is 0. The number of hydrogen-bond donors (Lipinski definition) is 1. The zero-order valence-electron chi connectivity index (χ0n) is 11.5. The average molecular weight is 243 g/mol. The van der Waals surface area contributed by atoms with Gasteiger partial charge in [0, 0.05) is 13.1 Å². The summed E-state index contributed by atoms with van der Waals surface area (Å²) in [4.78, 5) is 0. The molecule has 2 aliphatic rings. The summed E-state index contributed by atoms with van der Waals surface area (Å²) in [6.07, 6.45) is 8.24. The van der Waals surface area contributed by atoms with Crippen LogP contribution in [0.15, 0.2) is 24.3 Å². The number of benzene rings is 1. The summed E-state index contributed by atoms with van der Waals surface area (Å²) >= 11 is 0. The van der Waals surface area contributed by atoms with Crippen molar-refractivity contribution >= 4 is 0 Å². The highest BCUT2D eigenvalue weighted by Gasteiger charge is 2.40. The van der Waals surface area contributed by atoms with Gasteiger partial charge in [0.25, 0.3) is 0 Å². The summed E-state index contributed by atoms with van der Waals surface area (Å²) in [5, 5.41) is 3.75. The first-order valence-corrected chi connectivity index (χ1v) is 7.61. The van der Waals surface area contributed by atoms with E-state index in [9.17, 15) is 0 Å². The first kappa shape index (κ1) is 12.2. The fourth-order valence-electron chi connectivity index (χ4n) is 3.41. The van der Waals surface area contributed by atoms with Gasteiger partial charge in [-0.05, 0) is 61.0 Å².